The van der Waals surface area contributed by atoms with Crippen LogP contribution in [0.1, 0.15) is 32.3 Å². The fraction of sp³-hybridized carbons (Fsp3) is 0.571. The van der Waals surface area contributed by atoms with Crippen molar-refractivity contribution in [2.45, 2.75) is 43.7 Å². The van der Waals surface area contributed by atoms with Gasteiger partial charge in [0.15, 0.2) is 0 Å². The van der Waals surface area contributed by atoms with E-state index in [0.717, 1.165) is 12.8 Å². The molecule has 10 heteroatoms. The normalized spacial score (nSPS) is 24.9. The number of aliphatic imine (C=N–C) groups is 1. The van der Waals surface area contributed by atoms with Crippen molar-refractivity contribution < 1.29 is 22.7 Å². The lowest BCUT2D eigenvalue weighted by atomic mass is 10.0. The molecule has 31 heavy (non-hydrogen) atoms. The Morgan fingerprint density at radius 2 is 1.81 bits per heavy atom. The molecule has 168 valence electrons. The van der Waals surface area contributed by atoms with E-state index in [1.165, 1.54) is 6.07 Å². The Bertz CT molecular complexity index is 993. The van der Waals surface area contributed by atoms with E-state index in [2.05, 4.69) is 9.71 Å². The number of nitrogens with one attached hydrogen (secondary N) is 1. The van der Waals surface area contributed by atoms with Crippen LogP contribution in [0.15, 0.2) is 34.2 Å². The minimum Gasteiger partial charge on any atom is -0.368 e. The van der Waals surface area contributed by atoms with Gasteiger partial charge in [0.05, 0.1) is 4.90 Å². The van der Waals surface area contributed by atoms with Gasteiger partial charge in [-0.05, 0) is 30.9 Å². The highest BCUT2D eigenvalue weighted by atomic mass is 32.2. The van der Waals surface area contributed by atoms with Crippen LogP contribution in [-0.2, 0) is 24.3 Å². The minimum absolute atomic E-state index is 0.00206. The summed E-state index contributed by atoms with van der Waals surface area (Å²) in [6.45, 7) is 6.17. The lowest BCUT2D eigenvalue weighted by molar-refractivity contribution is -0.146. The average Bonchev–Trinajstić information content (AvgIpc) is 3.38. The first-order valence-corrected chi connectivity index (χ1v) is 12.2. The molecule has 2 amide bonds. The number of carbonyl (C=O) groups is 2. The highest BCUT2D eigenvalue weighted by Gasteiger charge is 2.36. The molecule has 4 rings (SSSR count). The van der Waals surface area contributed by atoms with Crippen LogP contribution in [0.3, 0.4) is 0 Å². The Morgan fingerprint density at radius 3 is 2.45 bits per heavy atom. The first-order chi connectivity index (χ1) is 14.8. The molecule has 0 saturated carbocycles. The van der Waals surface area contributed by atoms with Crippen LogP contribution in [0.2, 0.25) is 0 Å². The van der Waals surface area contributed by atoms with E-state index in [-0.39, 0.29) is 34.6 Å². The number of hydrogen-bond donors (Lipinski definition) is 1. The zero-order valence-electron chi connectivity index (χ0n) is 17.8. The molecule has 0 aromatic heterocycles. The lowest BCUT2D eigenvalue weighted by Gasteiger charge is -2.37. The van der Waals surface area contributed by atoms with Gasteiger partial charge in [0.25, 0.3) is 15.9 Å². The maximum Gasteiger partial charge on any atom is 0.263 e. The summed E-state index contributed by atoms with van der Waals surface area (Å²) in [6.07, 6.45) is 1.30. The number of sulfonamides is 1. The third kappa shape index (κ3) is 4.31. The van der Waals surface area contributed by atoms with Gasteiger partial charge in [-0.2, -0.15) is 0 Å². The third-order valence-electron chi connectivity index (χ3n) is 5.92. The number of benzene rings is 1. The Hall–Kier alpha value is -2.46. The molecule has 9 nitrogen and oxygen atoms in total. The van der Waals surface area contributed by atoms with Gasteiger partial charge < -0.3 is 14.5 Å². The number of amides is 2. The largest absolute Gasteiger partial charge is 0.368 e. The summed E-state index contributed by atoms with van der Waals surface area (Å²) in [6, 6.07) is 5.89. The topological polar surface area (TPSA) is 108 Å². The van der Waals surface area contributed by atoms with Crippen molar-refractivity contribution in [3.8, 4) is 0 Å². The van der Waals surface area contributed by atoms with E-state index in [1.54, 1.807) is 28.0 Å². The van der Waals surface area contributed by atoms with Crippen LogP contribution in [0.4, 0.5) is 0 Å². The van der Waals surface area contributed by atoms with Crippen LogP contribution < -0.4 is 4.72 Å². The fourth-order valence-electron chi connectivity index (χ4n) is 4.17. The van der Waals surface area contributed by atoms with Crippen molar-refractivity contribution in [1.29, 1.82) is 0 Å². The molecule has 0 bridgehead atoms. The zero-order valence-corrected chi connectivity index (χ0v) is 18.6. The minimum atomic E-state index is -3.66. The second kappa shape index (κ2) is 8.58. The van der Waals surface area contributed by atoms with Gasteiger partial charge in [0.2, 0.25) is 5.91 Å². The molecule has 2 fully saturated rings. The predicted octanol–water partition coefficient (Wildman–Crippen LogP) is 0.600. The van der Waals surface area contributed by atoms with E-state index in [1.807, 2.05) is 13.8 Å². The highest BCUT2D eigenvalue weighted by molar-refractivity contribution is 7.90. The molecular weight excluding hydrogens is 420 g/mol. The standard InChI is InChI=1S/C21H28N4O5S/c1-14(2)18(22-19-15-6-3-4-8-17(15)31(28,29)23-19)21(27)25-11-9-24(10-12-25)20(26)16-7-5-13-30-16/h3-4,6,8,14,16,18H,5,7,9-13H2,1-2H3,(H,22,23)/t16?,18-/m0/s1. The van der Waals surface area contributed by atoms with Crippen molar-refractivity contribution in [3.05, 3.63) is 29.8 Å². The molecule has 3 aliphatic rings. The molecule has 3 heterocycles. The quantitative estimate of drug-likeness (QED) is 0.726. The summed E-state index contributed by atoms with van der Waals surface area (Å²) < 4.78 is 32.7. The van der Waals surface area contributed by atoms with Crippen molar-refractivity contribution >= 4 is 27.7 Å². The third-order valence-corrected chi connectivity index (χ3v) is 7.32. The maximum absolute atomic E-state index is 13.2. The molecular formula is C21H28N4O5S. The number of rotatable bonds is 4. The molecule has 1 aromatic rings. The second-order valence-corrected chi connectivity index (χ2v) is 10.1. The van der Waals surface area contributed by atoms with Crippen LogP contribution in [-0.4, -0.2) is 80.8 Å². The molecule has 0 spiro atoms. The molecule has 2 saturated heterocycles. The van der Waals surface area contributed by atoms with E-state index < -0.39 is 16.1 Å². The Morgan fingerprint density at radius 1 is 1.13 bits per heavy atom. The van der Waals surface area contributed by atoms with Gasteiger partial charge in [0.1, 0.15) is 18.0 Å². The Kier molecular flexibility index (Phi) is 6.02. The molecule has 2 atom stereocenters. The van der Waals surface area contributed by atoms with E-state index in [4.69, 9.17) is 4.74 Å². The second-order valence-electron chi connectivity index (χ2n) is 8.42. The number of piperazine rings is 1. The molecule has 3 aliphatic heterocycles. The summed E-state index contributed by atoms with van der Waals surface area (Å²) >= 11 is 0. The van der Waals surface area contributed by atoms with Crippen LogP contribution in [0.5, 0.6) is 0 Å². The Balaban J connectivity index is 1.47. The molecule has 0 aliphatic carbocycles. The van der Waals surface area contributed by atoms with Gasteiger partial charge in [-0.1, -0.05) is 26.0 Å². The van der Waals surface area contributed by atoms with Crippen molar-refractivity contribution in [2.75, 3.05) is 32.8 Å². The summed E-state index contributed by atoms with van der Waals surface area (Å²) in [5, 5.41) is 0. The highest BCUT2D eigenvalue weighted by Crippen LogP contribution is 2.24. The smallest absolute Gasteiger partial charge is 0.263 e. The summed E-state index contributed by atoms with van der Waals surface area (Å²) in [7, 11) is -3.66. The summed E-state index contributed by atoms with van der Waals surface area (Å²) in [5.41, 5.74) is 0.480. The van der Waals surface area contributed by atoms with E-state index in [9.17, 15) is 18.0 Å². The predicted molar refractivity (Wildman–Crippen MR) is 114 cm³/mol. The van der Waals surface area contributed by atoms with E-state index >= 15 is 0 Å². The van der Waals surface area contributed by atoms with Crippen LogP contribution in [0, 0.1) is 5.92 Å². The number of fused-ring (bicyclic) bond motifs is 1. The average molecular weight is 449 g/mol. The number of carbonyl (C=O) groups excluding carboxylic acids is 2. The van der Waals surface area contributed by atoms with Gasteiger partial charge in [-0.15, -0.1) is 0 Å². The monoisotopic (exact) mass is 448 g/mol. The molecule has 1 unspecified atom stereocenters. The summed E-state index contributed by atoms with van der Waals surface area (Å²) in [5.74, 6) is -0.0730. The van der Waals surface area contributed by atoms with Gasteiger partial charge in [-0.3, -0.25) is 19.3 Å². The van der Waals surface area contributed by atoms with Crippen molar-refractivity contribution in [3.63, 3.8) is 0 Å². The van der Waals surface area contributed by atoms with Crippen LogP contribution >= 0.6 is 0 Å². The molecule has 1 aromatic carbocycles. The van der Waals surface area contributed by atoms with Crippen LogP contribution in [0.25, 0.3) is 0 Å². The fourth-order valence-corrected chi connectivity index (χ4v) is 5.41. The van der Waals surface area contributed by atoms with E-state index in [0.29, 0.717) is 38.3 Å². The molecule has 1 N–H and O–H groups in total. The number of amidine groups is 1. The SMILES string of the molecule is CC(C)[C@H](N=C1NS(=O)(=O)c2ccccc21)C(=O)N1CCN(C(=O)C2CCCO2)CC1. The molecule has 0 radical (unpaired) electrons. The number of ether oxygens (including phenoxy) is 1. The van der Waals surface area contributed by atoms with Crippen molar-refractivity contribution in [1.82, 2.24) is 14.5 Å². The zero-order chi connectivity index (χ0) is 22.2. The van der Waals surface area contributed by atoms with Gasteiger partial charge >= 0.3 is 0 Å². The number of hydrogen-bond acceptors (Lipinski definition) is 6. The lowest BCUT2D eigenvalue weighted by Crippen LogP contribution is -2.55. The van der Waals surface area contributed by atoms with Crippen molar-refractivity contribution in [2.24, 2.45) is 10.9 Å². The number of nitrogens with zero attached hydrogens (tertiary/aromatic N) is 3. The first kappa shape index (κ1) is 21.8. The Labute approximate surface area is 182 Å². The summed E-state index contributed by atoms with van der Waals surface area (Å²) in [4.78, 5) is 34.0. The maximum atomic E-state index is 13.2. The first-order valence-electron chi connectivity index (χ1n) is 10.7. The van der Waals surface area contributed by atoms with Gasteiger partial charge in [-0.25, -0.2) is 8.42 Å². The van der Waals surface area contributed by atoms with Gasteiger partial charge in [0, 0.05) is 38.3 Å².